The van der Waals surface area contributed by atoms with Gasteiger partial charge in [-0.1, -0.05) is 89.1 Å². The second-order valence-electron chi connectivity index (χ2n) is 15.9. The summed E-state index contributed by atoms with van der Waals surface area (Å²) in [6.07, 6.45) is 13.5. The number of carbonyl (C=O) groups excluding carboxylic acids is 1. The van der Waals surface area contributed by atoms with Gasteiger partial charge in [-0.15, -0.1) is 0 Å². The normalized spacial score (nSPS) is 20.9. The molecule has 1 amide bonds. The number of anilines is 1. The molecule has 0 radical (unpaired) electrons. The number of unbranched alkanes of at least 4 members (excludes halogenated alkanes) is 2. The quantitative estimate of drug-likeness (QED) is 0.162. The Hall–Kier alpha value is -4.55. The highest BCUT2D eigenvalue weighted by atomic mass is 35.5. The number of nitrogens with one attached hydrogen (secondary N) is 1. The van der Waals surface area contributed by atoms with Gasteiger partial charge in [-0.3, -0.25) is 4.79 Å². The molecule has 52 heavy (non-hydrogen) atoms. The van der Waals surface area contributed by atoms with Crippen molar-refractivity contribution in [3.05, 3.63) is 98.5 Å². The molecule has 0 spiro atoms. The third kappa shape index (κ3) is 8.90. The maximum absolute atomic E-state index is 12.2. The van der Waals surface area contributed by atoms with Gasteiger partial charge in [-0.2, -0.15) is 15.8 Å². The van der Waals surface area contributed by atoms with E-state index in [1.54, 1.807) is 0 Å². The molecule has 4 rings (SSSR count). The van der Waals surface area contributed by atoms with Crippen molar-refractivity contribution in [2.24, 2.45) is 11.3 Å². The molecule has 1 aromatic carbocycles. The van der Waals surface area contributed by atoms with Crippen LogP contribution >= 0.6 is 11.6 Å². The minimum Gasteiger partial charge on any atom is -0.480 e. The molecule has 0 bridgehead atoms. The van der Waals surface area contributed by atoms with Crippen LogP contribution in [0.15, 0.2) is 92.9 Å². The van der Waals surface area contributed by atoms with E-state index in [-0.39, 0.29) is 40.2 Å². The second kappa shape index (κ2) is 16.9. The summed E-state index contributed by atoms with van der Waals surface area (Å²) in [7, 11) is 0. The van der Waals surface area contributed by atoms with Crippen LogP contribution in [0.2, 0.25) is 0 Å². The van der Waals surface area contributed by atoms with Crippen LogP contribution in [0, 0.1) is 45.3 Å². The number of allylic oxidation sites excluding steroid dienone is 9. The highest BCUT2D eigenvalue weighted by Gasteiger charge is 2.41. The molecule has 1 aromatic rings. The number of ether oxygens (including phenoxy) is 1. The Balaban J connectivity index is 1.68. The van der Waals surface area contributed by atoms with Crippen LogP contribution in [-0.4, -0.2) is 36.3 Å². The van der Waals surface area contributed by atoms with Gasteiger partial charge in [0.2, 0.25) is 5.91 Å². The molecule has 9 heteroatoms. The van der Waals surface area contributed by atoms with E-state index in [1.807, 2.05) is 38.1 Å². The standard InChI is InChI=1S/C43H52ClN5O3/c1-41(2,3)32-24-29(17-19-34-33(28-47)40(31(26-45)27-46)52-43(34,6)7)39(44)30(25-32)18-20-37-42(4,5)35-14-10-11-15-36(35)49(37)22-12-8-9-16-38(51)48-21-13-23-50/h10-11,14-15,17-20,32,50H,8-9,12-13,16,21-25H2,1-7H3,(H,48,51)/b19-17+,30-18+,37-20+. The number of halogens is 1. The van der Waals surface area contributed by atoms with Crippen LogP contribution in [0.3, 0.4) is 0 Å². The number of aliphatic hydroxyl groups excluding tert-OH is 1. The summed E-state index contributed by atoms with van der Waals surface area (Å²) in [5, 5.41) is 41.5. The first-order chi connectivity index (χ1) is 24.6. The van der Waals surface area contributed by atoms with Gasteiger partial charge in [0.15, 0.2) is 11.3 Å². The number of fused-ring (bicyclic) bond motifs is 1. The van der Waals surface area contributed by atoms with Crippen molar-refractivity contribution in [1.29, 1.82) is 15.8 Å². The summed E-state index contributed by atoms with van der Waals surface area (Å²) in [5.74, 6) is 0.358. The van der Waals surface area contributed by atoms with Crippen molar-refractivity contribution in [3.8, 4) is 18.2 Å². The molecule has 1 unspecified atom stereocenters. The first kappa shape index (κ1) is 40.2. The van der Waals surface area contributed by atoms with E-state index in [0.717, 1.165) is 49.8 Å². The molecule has 0 fully saturated rings. The Labute approximate surface area is 315 Å². The van der Waals surface area contributed by atoms with E-state index < -0.39 is 5.60 Å². The molecular formula is C43H52ClN5O3. The fraction of sp³-hybridized carbons (Fsp3) is 0.488. The lowest BCUT2D eigenvalue weighted by molar-refractivity contribution is -0.121. The number of hydrogen-bond acceptors (Lipinski definition) is 7. The van der Waals surface area contributed by atoms with Gasteiger partial charge in [-0.05, 0) is 86.1 Å². The first-order valence-electron chi connectivity index (χ1n) is 18.2. The number of carbonyl (C=O) groups is 1. The molecule has 1 aliphatic carbocycles. The Morgan fingerprint density at radius 1 is 1.04 bits per heavy atom. The predicted molar refractivity (Wildman–Crippen MR) is 206 cm³/mol. The lowest BCUT2D eigenvalue weighted by Crippen LogP contribution is -2.27. The van der Waals surface area contributed by atoms with E-state index in [0.29, 0.717) is 35.9 Å². The first-order valence-corrected chi connectivity index (χ1v) is 18.6. The lowest BCUT2D eigenvalue weighted by atomic mass is 9.70. The Bertz CT molecular complexity index is 1850. The minimum absolute atomic E-state index is 0.00473. The molecule has 274 valence electrons. The van der Waals surface area contributed by atoms with Gasteiger partial charge in [0.1, 0.15) is 29.4 Å². The Morgan fingerprint density at radius 2 is 1.75 bits per heavy atom. The van der Waals surface area contributed by atoms with Gasteiger partial charge in [0, 0.05) is 53.5 Å². The van der Waals surface area contributed by atoms with Crippen molar-refractivity contribution < 1.29 is 14.6 Å². The van der Waals surface area contributed by atoms with Gasteiger partial charge >= 0.3 is 0 Å². The van der Waals surface area contributed by atoms with Crippen molar-refractivity contribution >= 4 is 23.2 Å². The van der Waals surface area contributed by atoms with Gasteiger partial charge < -0.3 is 20.1 Å². The molecule has 8 nitrogen and oxygen atoms in total. The fourth-order valence-electron chi connectivity index (χ4n) is 7.24. The third-order valence-corrected chi connectivity index (χ3v) is 10.9. The van der Waals surface area contributed by atoms with Gasteiger partial charge in [0.05, 0.1) is 0 Å². The monoisotopic (exact) mass is 721 g/mol. The summed E-state index contributed by atoms with van der Waals surface area (Å²) in [4.78, 5) is 14.6. The average Bonchev–Trinajstić information content (AvgIpc) is 3.47. The number of benzene rings is 1. The number of amides is 1. The summed E-state index contributed by atoms with van der Waals surface area (Å²) in [6, 6.07) is 14.4. The van der Waals surface area contributed by atoms with Crippen LogP contribution in [0.25, 0.3) is 0 Å². The molecule has 2 heterocycles. The van der Waals surface area contributed by atoms with Crippen LogP contribution in [0.5, 0.6) is 0 Å². The van der Waals surface area contributed by atoms with Gasteiger partial charge in [0.25, 0.3) is 0 Å². The van der Waals surface area contributed by atoms with E-state index in [9.17, 15) is 20.6 Å². The summed E-state index contributed by atoms with van der Waals surface area (Å²) < 4.78 is 5.98. The fourth-order valence-corrected chi connectivity index (χ4v) is 7.52. The van der Waals surface area contributed by atoms with E-state index in [4.69, 9.17) is 21.4 Å². The molecular weight excluding hydrogens is 670 g/mol. The topological polar surface area (TPSA) is 133 Å². The molecule has 1 atom stereocenters. The van der Waals surface area contributed by atoms with Crippen molar-refractivity contribution in [3.63, 3.8) is 0 Å². The largest absolute Gasteiger partial charge is 0.480 e. The SMILES string of the molecule is CC1(C)OC(=C(C#N)C#N)C(C#N)=C1/C=C/C1=C(Cl)C(=C/C=C2/N(CCCCCC(=O)NCCCO)c3ccccc3C2(C)C)/CC(C(C)(C)C)C1. The van der Waals surface area contributed by atoms with Crippen LogP contribution in [0.1, 0.15) is 99.0 Å². The maximum Gasteiger partial charge on any atom is 0.219 e. The highest BCUT2D eigenvalue weighted by molar-refractivity contribution is 6.32. The number of aliphatic hydroxyl groups is 1. The third-order valence-electron chi connectivity index (χ3n) is 10.4. The predicted octanol–water partition coefficient (Wildman–Crippen LogP) is 9.09. The van der Waals surface area contributed by atoms with Crippen LogP contribution in [0.4, 0.5) is 5.69 Å². The average molecular weight is 722 g/mol. The highest BCUT2D eigenvalue weighted by Crippen LogP contribution is 2.49. The Morgan fingerprint density at radius 3 is 2.40 bits per heavy atom. The lowest BCUT2D eigenvalue weighted by Gasteiger charge is -2.36. The van der Waals surface area contributed by atoms with Crippen molar-refractivity contribution in [1.82, 2.24) is 5.32 Å². The molecule has 3 aliphatic rings. The molecule has 2 aliphatic heterocycles. The zero-order valence-corrected chi connectivity index (χ0v) is 32.5. The molecule has 0 saturated heterocycles. The number of nitriles is 3. The zero-order valence-electron chi connectivity index (χ0n) is 31.7. The van der Waals surface area contributed by atoms with Crippen LogP contribution < -0.4 is 10.2 Å². The Kier molecular flexibility index (Phi) is 13.0. The molecule has 2 N–H and O–H groups in total. The molecule has 0 aromatic heterocycles. The smallest absolute Gasteiger partial charge is 0.219 e. The summed E-state index contributed by atoms with van der Waals surface area (Å²) in [5.41, 5.74) is 5.09. The summed E-state index contributed by atoms with van der Waals surface area (Å²) >= 11 is 7.25. The number of nitrogens with zero attached hydrogens (tertiary/aromatic N) is 4. The maximum atomic E-state index is 12.2. The van der Waals surface area contributed by atoms with E-state index in [1.165, 1.54) is 16.9 Å². The van der Waals surface area contributed by atoms with Gasteiger partial charge in [-0.25, -0.2) is 0 Å². The van der Waals surface area contributed by atoms with Crippen molar-refractivity contribution in [2.45, 2.75) is 104 Å². The second-order valence-corrected chi connectivity index (χ2v) is 16.2. The number of rotatable bonds is 12. The number of para-hydroxylation sites is 1. The summed E-state index contributed by atoms with van der Waals surface area (Å²) in [6.45, 7) is 16.3. The number of hydrogen-bond donors (Lipinski definition) is 2. The minimum atomic E-state index is -0.913. The van der Waals surface area contributed by atoms with E-state index >= 15 is 0 Å². The van der Waals surface area contributed by atoms with Crippen LogP contribution in [-0.2, 0) is 14.9 Å². The van der Waals surface area contributed by atoms with Crippen molar-refractivity contribution in [2.75, 3.05) is 24.6 Å². The molecule has 0 saturated carbocycles. The zero-order chi connectivity index (χ0) is 38.3. The van der Waals surface area contributed by atoms with E-state index in [2.05, 4.69) is 87.3 Å².